The molecule has 0 radical (unpaired) electrons. The van der Waals surface area contributed by atoms with Gasteiger partial charge in [-0.25, -0.2) is 13.1 Å². The van der Waals surface area contributed by atoms with Gasteiger partial charge in [0.1, 0.15) is 12.4 Å². The van der Waals surface area contributed by atoms with Gasteiger partial charge in [-0.1, -0.05) is 34.1 Å². The molecule has 23 heavy (non-hydrogen) atoms. The molecule has 0 saturated carbocycles. The minimum Gasteiger partial charge on any atom is -0.492 e. The first-order valence-corrected chi connectivity index (χ1v) is 9.71. The average molecular weight is 398 g/mol. The largest absolute Gasteiger partial charge is 0.492 e. The van der Waals surface area contributed by atoms with Crippen LogP contribution in [0.1, 0.15) is 16.7 Å². The molecule has 0 spiro atoms. The van der Waals surface area contributed by atoms with Gasteiger partial charge in [-0.3, -0.25) is 0 Å². The van der Waals surface area contributed by atoms with Crippen molar-refractivity contribution in [1.82, 2.24) is 4.72 Å². The van der Waals surface area contributed by atoms with Crippen LogP contribution in [0, 0.1) is 13.8 Å². The Morgan fingerprint density at radius 1 is 1.09 bits per heavy atom. The van der Waals surface area contributed by atoms with Crippen LogP contribution in [-0.4, -0.2) is 21.6 Å². The maximum Gasteiger partial charge on any atom is 0.215 e. The third kappa shape index (κ3) is 6.33. The second-order valence-corrected chi connectivity index (χ2v) is 8.18. The maximum atomic E-state index is 12.0. The number of benzene rings is 2. The monoisotopic (exact) mass is 397 g/mol. The molecule has 0 unspecified atom stereocenters. The van der Waals surface area contributed by atoms with Gasteiger partial charge >= 0.3 is 0 Å². The number of ether oxygens (including phenoxy) is 1. The number of hydrogen-bond acceptors (Lipinski definition) is 3. The molecule has 6 heteroatoms. The predicted octanol–water partition coefficient (Wildman–Crippen LogP) is 3.56. The molecule has 0 heterocycles. The number of rotatable bonds is 7. The summed E-state index contributed by atoms with van der Waals surface area (Å²) in [6.45, 7) is 4.53. The van der Waals surface area contributed by atoms with Gasteiger partial charge in [-0.15, -0.1) is 0 Å². The van der Waals surface area contributed by atoms with E-state index < -0.39 is 10.0 Å². The number of nitrogens with one attached hydrogen (secondary N) is 1. The normalized spacial score (nSPS) is 11.4. The van der Waals surface area contributed by atoms with Gasteiger partial charge in [0.25, 0.3) is 0 Å². The molecule has 0 atom stereocenters. The molecular formula is C17H20BrNO3S. The fourth-order valence-corrected chi connectivity index (χ4v) is 3.84. The Balaban J connectivity index is 1.83. The quantitative estimate of drug-likeness (QED) is 0.726. The second-order valence-electron chi connectivity index (χ2n) is 5.46. The van der Waals surface area contributed by atoms with Gasteiger partial charge in [0, 0.05) is 11.0 Å². The number of halogens is 1. The van der Waals surface area contributed by atoms with Gasteiger partial charge in [-0.05, 0) is 54.8 Å². The summed E-state index contributed by atoms with van der Waals surface area (Å²) in [6.07, 6.45) is 0. The molecule has 124 valence electrons. The highest BCUT2D eigenvalue weighted by atomic mass is 79.9. The van der Waals surface area contributed by atoms with E-state index in [4.69, 9.17) is 4.74 Å². The first-order chi connectivity index (χ1) is 10.8. The van der Waals surface area contributed by atoms with Gasteiger partial charge in [0.15, 0.2) is 0 Å². The molecule has 0 aliphatic carbocycles. The van der Waals surface area contributed by atoms with Crippen molar-refractivity contribution in [1.29, 1.82) is 0 Å². The van der Waals surface area contributed by atoms with E-state index in [1.807, 2.05) is 38.1 Å². The van der Waals surface area contributed by atoms with Crippen molar-refractivity contribution >= 4 is 26.0 Å². The summed E-state index contributed by atoms with van der Waals surface area (Å²) in [7, 11) is -3.37. The molecular weight excluding hydrogens is 378 g/mol. The van der Waals surface area contributed by atoms with Crippen LogP contribution in [0.5, 0.6) is 5.75 Å². The predicted molar refractivity (Wildman–Crippen MR) is 96.2 cm³/mol. The van der Waals surface area contributed by atoms with Crippen molar-refractivity contribution < 1.29 is 13.2 Å². The van der Waals surface area contributed by atoms with E-state index in [9.17, 15) is 8.42 Å². The summed E-state index contributed by atoms with van der Waals surface area (Å²) in [5, 5.41) is 0. The van der Waals surface area contributed by atoms with Crippen molar-refractivity contribution in [2.24, 2.45) is 0 Å². The van der Waals surface area contributed by atoms with Crippen molar-refractivity contribution in [3.05, 3.63) is 63.6 Å². The SMILES string of the molecule is Cc1cc(C)cc(OCCNS(=O)(=O)Cc2cccc(Br)c2)c1. The number of hydrogen-bond donors (Lipinski definition) is 1. The third-order valence-electron chi connectivity index (χ3n) is 3.13. The summed E-state index contributed by atoms with van der Waals surface area (Å²) >= 11 is 3.34. The fraction of sp³-hybridized carbons (Fsp3) is 0.294. The Morgan fingerprint density at radius 2 is 1.78 bits per heavy atom. The Kier molecular flexibility index (Phi) is 6.21. The van der Waals surface area contributed by atoms with Crippen molar-refractivity contribution in [3.8, 4) is 5.75 Å². The van der Waals surface area contributed by atoms with Crippen LogP contribution in [0.25, 0.3) is 0 Å². The summed E-state index contributed by atoms with van der Waals surface area (Å²) < 4.78 is 33.1. The fourth-order valence-electron chi connectivity index (χ4n) is 2.28. The van der Waals surface area contributed by atoms with E-state index in [1.165, 1.54) is 0 Å². The minimum absolute atomic E-state index is 0.0456. The Labute approximate surface area is 146 Å². The molecule has 0 fully saturated rings. The van der Waals surface area contributed by atoms with Crippen molar-refractivity contribution in [2.45, 2.75) is 19.6 Å². The van der Waals surface area contributed by atoms with Crippen LogP contribution >= 0.6 is 15.9 Å². The molecule has 1 N–H and O–H groups in total. The summed E-state index contributed by atoms with van der Waals surface area (Å²) in [6, 6.07) is 13.2. The van der Waals surface area contributed by atoms with Crippen LogP contribution in [0.3, 0.4) is 0 Å². The average Bonchev–Trinajstić information content (AvgIpc) is 2.42. The van der Waals surface area contributed by atoms with E-state index in [-0.39, 0.29) is 12.3 Å². The highest BCUT2D eigenvalue weighted by molar-refractivity contribution is 9.10. The first-order valence-electron chi connectivity index (χ1n) is 7.27. The van der Waals surface area contributed by atoms with Crippen LogP contribution in [-0.2, 0) is 15.8 Å². The Morgan fingerprint density at radius 3 is 2.43 bits per heavy atom. The van der Waals surface area contributed by atoms with Crippen LogP contribution in [0.2, 0.25) is 0 Å². The minimum atomic E-state index is -3.37. The molecule has 2 aromatic rings. The number of aryl methyl sites for hydroxylation is 2. The highest BCUT2D eigenvalue weighted by Gasteiger charge is 2.11. The van der Waals surface area contributed by atoms with Crippen molar-refractivity contribution in [2.75, 3.05) is 13.2 Å². The molecule has 0 aliphatic rings. The molecule has 2 aromatic carbocycles. The van der Waals surface area contributed by atoms with Gasteiger partial charge < -0.3 is 4.74 Å². The molecule has 0 aliphatic heterocycles. The lowest BCUT2D eigenvalue weighted by molar-refractivity contribution is 0.322. The van der Waals surface area contributed by atoms with E-state index in [2.05, 4.69) is 26.7 Å². The molecule has 0 amide bonds. The summed E-state index contributed by atoms with van der Waals surface area (Å²) in [5.41, 5.74) is 2.98. The lowest BCUT2D eigenvalue weighted by Crippen LogP contribution is -2.29. The second kappa shape index (κ2) is 7.95. The molecule has 0 aromatic heterocycles. The van der Waals surface area contributed by atoms with Gasteiger partial charge in [0.05, 0.1) is 5.75 Å². The smallest absolute Gasteiger partial charge is 0.215 e. The topological polar surface area (TPSA) is 55.4 Å². The summed E-state index contributed by atoms with van der Waals surface area (Å²) in [5.74, 6) is 0.712. The lowest BCUT2D eigenvalue weighted by Gasteiger charge is -2.10. The maximum absolute atomic E-state index is 12.0. The Bertz CT molecular complexity index is 755. The highest BCUT2D eigenvalue weighted by Crippen LogP contribution is 2.16. The van der Waals surface area contributed by atoms with E-state index in [0.29, 0.717) is 6.61 Å². The van der Waals surface area contributed by atoms with E-state index in [1.54, 1.807) is 12.1 Å². The zero-order chi connectivity index (χ0) is 16.9. The molecule has 0 saturated heterocycles. The van der Waals surface area contributed by atoms with E-state index >= 15 is 0 Å². The molecule has 0 bridgehead atoms. The van der Waals surface area contributed by atoms with Crippen LogP contribution in [0.4, 0.5) is 0 Å². The van der Waals surface area contributed by atoms with Crippen molar-refractivity contribution in [3.63, 3.8) is 0 Å². The molecule has 2 rings (SSSR count). The molecule has 4 nitrogen and oxygen atoms in total. The van der Waals surface area contributed by atoms with E-state index in [0.717, 1.165) is 26.9 Å². The zero-order valence-electron chi connectivity index (χ0n) is 13.2. The van der Waals surface area contributed by atoms with Crippen LogP contribution in [0.15, 0.2) is 46.9 Å². The third-order valence-corrected chi connectivity index (χ3v) is 4.98. The zero-order valence-corrected chi connectivity index (χ0v) is 15.6. The van der Waals surface area contributed by atoms with Crippen LogP contribution < -0.4 is 9.46 Å². The standard InChI is InChI=1S/C17H20BrNO3S/c1-13-8-14(2)10-17(9-13)22-7-6-19-23(20,21)12-15-4-3-5-16(18)11-15/h3-5,8-11,19H,6-7,12H2,1-2H3. The van der Waals surface area contributed by atoms with Gasteiger partial charge in [-0.2, -0.15) is 0 Å². The van der Waals surface area contributed by atoms with Gasteiger partial charge in [0.2, 0.25) is 10.0 Å². The summed E-state index contributed by atoms with van der Waals surface area (Å²) in [4.78, 5) is 0. The lowest BCUT2D eigenvalue weighted by atomic mass is 10.1. The number of sulfonamides is 1. The Hall–Kier alpha value is -1.37. The first kappa shape index (κ1) is 18.0.